The van der Waals surface area contributed by atoms with E-state index in [0.717, 1.165) is 22.1 Å². The van der Waals surface area contributed by atoms with Crippen LogP contribution in [-0.2, 0) is 9.31 Å². The Kier molecular flexibility index (Phi) is 4.06. The molecule has 0 bridgehead atoms. The van der Waals surface area contributed by atoms with Crippen molar-refractivity contribution in [1.29, 1.82) is 0 Å². The van der Waals surface area contributed by atoms with Gasteiger partial charge in [0, 0.05) is 11.0 Å². The molecule has 0 spiro atoms. The van der Waals surface area contributed by atoms with E-state index in [2.05, 4.69) is 52.5 Å². The van der Waals surface area contributed by atoms with Crippen LogP contribution in [0.3, 0.4) is 0 Å². The first-order chi connectivity index (χ1) is 11.0. The van der Waals surface area contributed by atoms with Gasteiger partial charge in [-0.05, 0) is 27.7 Å². The molecule has 4 nitrogen and oxygen atoms in total. The lowest BCUT2D eigenvalue weighted by Gasteiger charge is -2.32. The van der Waals surface area contributed by atoms with Crippen LogP contribution in [0.4, 0.5) is 0 Å². The van der Waals surface area contributed by atoms with Crippen LogP contribution in [0.2, 0.25) is 19.6 Å². The van der Waals surface area contributed by atoms with Crippen LogP contribution in [0.15, 0.2) is 34.9 Å². The molecule has 0 saturated carbocycles. The lowest BCUT2D eigenvalue weighted by molar-refractivity contribution is 0.00578. The van der Waals surface area contributed by atoms with Gasteiger partial charge in [0.2, 0.25) is 0 Å². The van der Waals surface area contributed by atoms with Gasteiger partial charge in [-0.3, -0.25) is 0 Å². The van der Waals surface area contributed by atoms with Crippen LogP contribution in [-0.4, -0.2) is 31.6 Å². The summed E-state index contributed by atoms with van der Waals surface area (Å²) in [4.78, 5) is 0. The molecule has 0 unspecified atom stereocenters. The van der Waals surface area contributed by atoms with Crippen molar-refractivity contribution in [3.8, 4) is 11.3 Å². The maximum Gasteiger partial charge on any atom is 0.500 e. The highest BCUT2D eigenvalue weighted by molar-refractivity contribution is 6.91. The van der Waals surface area contributed by atoms with Crippen molar-refractivity contribution in [3.05, 3.63) is 30.3 Å². The average molecular weight is 343 g/mol. The van der Waals surface area contributed by atoms with Crippen LogP contribution in [0.25, 0.3) is 11.3 Å². The Balaban J connectivity index is 2.14. The highest BCUT2D eigenvalue weighted by Crippen LogP contribution is 2.37. The van der Waals surface area contributed by atoms with E-state index in [-0.39, 0.29) is 11.2 Å². The fraction of sp³-hybridized carbons (Fsp3) is 0.500. The van der Waals surface area contributed by atoms with Crippen molar-refractivity contribution in [2.24, 2.45) is 0 Å². The van der Waals surface area contributed by atoms with Gasteiger partial charge >= 0.3 is 7.12 Å². The molecule has 1 saturated heterocycles. The molecule has 6 heteroatoms. The minimum absolute atomic E-state index is 0.389. The molecule has 2 heterocycles. The Morgan fingerprint density at radius 1 is 0.917 bits per heavy atom. The zero-order valence-corrected chi connectivity index (χ0v) is 16.6. The average Bonchev–Trinajstić information content (AvgIpc) is 2.99. The Bertz CT molecular complexity index is 718. The van der Waals surface area contributed by atoms with Gasteiger partial charge in [-0.15, -0.1) is 0 Å². The van der Waals surface area contributed by atoms with Gasteiger partial charge in [-0.25, -0.2) is 0 Å². The van der Waals surface area contributed by atoms with E-state index in [1.54, 1.807) is 0 Å². The number of hydrogen-bond donors (Lipinski definition) is 0. The van der Waals surface area contributed by atoms with Crippen molar-refractivity contribution in [2.45, 2.75) is 58.5 Å². The van der Waals surface area contributed by atoms with Crippen molar-refractivity contribution >= 4 is 26.0 Å². The fourth-order valence-electron chi connectivity index (χ4n) is 2.82. The third kappa shape index (κ3) is 2.87. The summed E-state index contributed by atoms with van der Waals surface area (Å²) in [5.74, 6) is 0. The number of aromatic nitrogens is 1. The fourth-order valence-corrected chi connectivity index (χ4v) is 4.19. The van der Waals surface area contributed by atoms with Gasteiger partial charge in [-0.1, -0.05) is 55.1 Å². The Hall–Kier alpha value is -1.37. The summed E-state index contributed by atoms with van der Waals surface area (Å²) in [5, 5.41) is 5.34. The summed E-state index contributed by atoms with van der Waals surface area (Å²) in [6, 6.07) is 10.1. The lowest BCUT2D eigenvalue weighted by atomic mass is 9.78. The lowest BCUT2D eigenvalue weighted by Crippen LogP contribution is -2.53. The maximum atomic E-state index is 6.31. The second-order valence-corrected chi connectivity index (χ2v) is 13.4. The molecule has 0 N–H and O–H groups in total. The summed E-state index contributed by atoms with van der Waals surface area (Å²) in [5.41, 5.74) is 2.03. The highest BCUT2D eigenvalue weighted by atomic mass is 28.3. The molecule has 128 valence electrons. The highest BCUT2D eigenvalue weighted by Gasteiger charge is 2.54. The van der Waals surface area contributed by atoms with Gasteiger partial charge in [-0.2, -0.15) is 0 Å². The van der Waals surface area contributed by atoms with Crippen LogP contribution in [0.5, 0.6) is 0 Å². The minimum Gasteiger partial charge on any atom is -0.399 e. The quantitative estimate of drug-likeness (QED) is 0.803. The van der Waals surface area contributed by atoms with Crippen LogP contribution >= 0.6 is 0 Å². The third-order valence-corrected chi connectivity index (χ3v) is 6.67. The van der Waals surface area contributed by atoms with Gasteiger partial charge in [0.1, 0.15) is 19.2 Å². The molecular formula is C18H26BNO3Si. The van der Waals surface area contributed by atoms with E-state index in [9.17, 15) is 0 Å². The predicted molar refractivity (Wildman–Crippen MR) is 101 cm³/mol. The molecule has 24 heavy (non-hydrogen) atoms. The Morgan fingerprint density at radius 2 is 1.46 bits per heavy atom. The van der Waals surface area contributed by atoms with Crippen molar-refractivity contribution in [2.75, 3.05) is 0 Å². The summed E-state index contributed by atoms with van der Waals surface area (Å²) in [6.07, 6.45) is 0. The Labute approximate surface area is 145 Å². The molecular weight excluding hydrogens is 317 g/mol. The Morgan fingerprint density at radius 3 is 1.96 bits per heavy atom. The second kappa shape index (κ2) is 5.58. The topological polar surface area (TPSA) is 44.5 Å². The SMILES string of the molecule is CC1(C)OB(c2c(-c3ccccc3)noc2[Si](C)(C)C)OC1(C)C. The van der Waals surface area contributed by atoms with Crippen LogP contribution in [0, 0.1) is 0 Å². The zero-order chi connectivity index (χ0) is 17.8. The first-order valence-electron chi connectivity index (χ1n) is 8.44. The summed E-state index contributed by atoms with van der Waals surface area (Å²) >= 11 is 0. The molecule has 0 atom stereocenters. The molecule has 1 aromatic heterocycles. The zero-order valence-electron chi connectivity index (χ0n) is 15.6. The molecule has 0 radical (unpaired) electrons. The van der Waals surface area contributed by atoms with Gasteiger partial charge < -0.3 is 13.8 Å². The third-order valence-electron chi connectivity index (χ3n) is 4.95. The smallest absolute Gasteiger partial charge is 0.399 e. The maximum absolute atomic E-state index is 6.31. The van der Waals surface area contributed by atoms with E-state index in [4.69, 9.17) is 13.8 Å². The van der Waals surface area contributed by atoms with Gasteiger partial charge in [0.05, 0.1) is 11.2 Å². The minimum atomic E-state index is -1.74. The molecule has 1 aliphatic heterocycles. The first-order valence-corrected chi connectivity index (χ1v) is 11.9. The van der Waals surface area contributed by atoms with Crippen LogP contribution < -0.4 is 10.8 Å². The van der Waals surface area contributed by atoms with E-state index >= 15 is 0 Å². The van der Waals surface area contributed by atoms with Crippen LogP contribution in [0.1, 0.15) is 27.7 Å². The predicted octanol–water partition coefficient (Wildman–Crippen LogP) is 3.19. The standard InChI is InChI=1S/C18H26BNO3Si/c1-17(2)18(3,4)23-19(22-17)14-15(13-11-9-8-10-12-13)20-21-16(14)24(5,6)7/h8-12H,1-7H3. The van der Waals surface area contributed by atoms with E-state index in [1.165, 1.54) is 0 Å². The summed E-state index contributed by atoms with van der Waals surface area (Å²) in [7, 11) is -2.20. The molecule has 0 amide bonds. The first kappa shape index (κ1) is 17.5. The monoisotopic (exact) mass is 343 g/mol. The molecule has 1 fully saturated rings. The van der Waals surface area contributed by atoms with E-state index in [0.29, 0.717) is 0 Å². The molecule has 0 aliphatic carbocycles. The molecule has 1 aliphatic rings. The molecule has 2 aromatic rings. The van der Waals surface area contributed by atoms with Crippen molar-refractivity contribution in [1.82, 2.24) is 5.16 Å². The molecule has 1 aromatic carbocycles. The molecule has 3 rings (SSSR count). The van der Waals surface area contributed by atoms with Crippen molar-refractivity contribution in [3.63, 3.8) is 0 Å². The van der Waals surface area contributed by atoms with Gasteiger partial charge in [0.25, 0.3) is 0 Å². The van der Waals surface area contributed by atoms with Gasteiger partial charge in [0.15, 0.2) is 0 Å². The number of rotatable bonds is 3. The number of benzene rings is 1. The largest absolute Gasteiger partial charge is 0.500 e. The normalized spacial score (nSPS) is 19.7. The second-order valence-electron chi connectivity index (χ2n) is 8.48. The number of hydrogen-bond acceptors (Lipinski definition) is 4. The van der Waals surface area contributed by atoms with Crippen molar-refractivity contribution < 1.29 is 13.8 Å². The van der Waals surface area contributed by atoms with E-state index < -0.39 is 15.2 Å². The van der Waals surface area contributed by atoms with E-state index in [1.807, 2.05) is 30.3 Å². The number of nitrogens with zero attached hydrogens (tertiary/aromatic N) is 1. The summed E-state index contributed by atoms with van der Waals surface area (Å²) in [6.45, 7) is 15.0. The summed E-state index contributed by atoms with van der Waals surface area (Å²) < 4.78 is 18.4.